The largest absolute Gasteiger partial charge is 0.355 e. The zero-order valence-corrected chi connectivity index (χ0v) is 16.7. The van der Waals surface area contributed by atoms with Gasteiger partial charge in [0.15, 0.2) is 0 Å². The summed E-state index contributed by atoms with van der Waals surface area (Å²) >= 11 is 3.08. The molecule has 1 heterocycles. The Morgan fingerprint density at radius 2 is 1.85 bits per heavy atom. The number of nitrogens with zero attached hydrogens (tertiary/aromatic N) is 4. The van der Waals surface area contributed by atoms with E-state index in [4.69, 9.17) is 0 Å². The van der Waals surface area contributed by atoms with Crippen molar-refractivity contribution in [2.24, 2.45) is 0 Å². The lowest BCUT2D eigenvalue weighted by Crippen LogP contribution is -2.27. The van der Waals surface area contributed by atoms with Crippen molar-refractivity contribution in [3.05, 3.63) is 65.7 Å². The molecule has 27 heavy (non-hydrogen) atoms. The number of amides is 1. The third-order valence-corrected chi connectivity index (χ3v) is 5.69. The molecule has 0 radical (unpaired) electrons. The van der Waals surface area contributed by atoms with E-state index in [1.54, 1.807) is 16.4 Å². The Morgan fingerprint density at radius 1 is 1.07 bits per heavy atom. The second kappa shape index (κ2) is 10.1. The van der Waals surface area contributed by atoms with Crippen LogP contribution in [-0.4, -0.2) is 44.2 Å². The first kappa shape index (κ1) is 19.4. The Kier molecular flexibility index (Phi) is 7.29. The molecule has 6 nitrogen and oxygen atoms in total. The predicted molar refractivity (Wildman–Crippen MR) is 109 cm³/mol. The van der Waals surface area contributed by atoms with E-state index in [-0.39, 0.29) is 5.91 Å². The van der Waals surface area contributed by atoms with Gasteiger partial charge in [0.2, 0.25) is 11.1 Å². The molecular weight excluding hydrogens is 378 g/mol. The summed E-state index contributed by atoms with van der Waals surface area (Å²) in [4.78, 5) is 13.3. The molecule has 3 aromatic rings. The number of tetrazole rings is 1. The first-order valence-corrected chi connectivity index (χ1v) is 10.6. The predicted octanol–water partition coefficient (Wildman–Crippen LogP) is 3.03. The molecule has 3 rings (SSSR count). The smallest absolute Gasteiger partial charge is 0.230 e. The first-order valence-electron chi connectivity index (χ1n) is 8.60. The van der Waals surface area contributed by atoms with Gasteiger partial charge in [-0.25, -0.2) is 4.68 Å². The number of thioether (sulfide) groups is 2. The maximum Gasteiger partial charge on any atom is 0.230 e. The van der Waals surface area contributed by atoms with Crippen molar-refractivity contribution in [2.45, 2.75) is 23.5 Å². The van der Waals surface area contributed by atoms with Gasteiger partial charge in [-0.2, -0.15) is 0 Å². The lowest BCUT2D eigenvalue weighted by Gasteiger charge is -2.06. The third kappa shape index (κ3) is 6.41. The Labute approximate surface area is 167 Å². The van der Waals surface area contributed by atoms with Gasteiger partial charge in [0.1, 0.15) is 0 Å². The molecule has 8 heteroatoms. The Balaban J connectivity index is 1.38. The molecule has 1 aromatic heterocycles. The van der Waals surface area contributed by atoms with Crippen LogP contribution in [0.5, 0.6) is 0 Å². The van der Waals surface area contributed by atoms with Crippen LogP contribution in [0, 0.1) is 6.92 Å². The standard InChI is InChI=1S/C19H21N5OS2/c1-15-7-9-17(10-8-15)26-12-11-20-18(25)14-27-19-21-22-23-24(19)13-16-5-3-2-4-6-16/h2-10H,11-14H2,1H3,(H,20,25). The molecule has 2 aromatic carbocycles. The summed E-state index contributed by atoms with van der Waals surface area (Å²) in [5.74, 6) is 1.12. The minimum atomic E-state index is -0.0150. The maximum absolute atomic E-state index is 12.0. The van der Waals surface area contributed by atoms with E-state index in [0.717, 1.165) is 11.3 Å². The molecule has 140 valence electrons. The number of hydrogen-bond donors (Lipinski definition) is 1. The molecule has 1 N–H and O–H groups in total. The highest BCUT2D eigenvalue weighted by Crippen LogP contribution is 2.18. The fourth-order valence-electron chi connectivity index (χ4n) is 2.33. The van der Waals surface area contributed by atoms with Crippen molar-refractivity contribution < 1.29 is 4.79 Å². The van der Waals surface area contributed by atoms with Crippen LogP contribution in [0.2, 0.25) is 0 Å². The highest BCUT2D eigenvalue weighted by atomic mass is 32.2. The molecule has 0 aliphatic heterocycles. The van der Waals surface area contributed by atoms with E-state index in [0.29, 0.717) is 24.0 Å². The van der Waals surface area contributed by atoms with E-state index in [9.17, 15) is 4.79 Å². The van der Waals surface area contributed by atoms with Crippen LogP contribution in [-0.2, 0) is 11.3 Å². The zero-order valence-electron chi connectivity index (χ0n) is 15.0. The van der Waals surface area contributed by atoms with Gasteiger partial charge in [-0.05, 0) is 35.0 Å². The van der Waals surface area contributed by atoms with Crippen LogP contribution < -0.4 is 5.32 Å². The number of nitrogens with one attached hydrogen (secondary N) is 1. The Morgan fingerprint density at radius 3 is 2.63 bits per heavy atom. The molecule has 0 bridgehead atoms. The third-order valence-electron chi connectivity index (χ3n) is 3.72. The molecule has 0 spiro atoms. The second-order valence-corrected chi connectivity index (χ2v) is 8.02. The normalized spacial score (nSPS) is 10.7. The van der Waals surface area contributed by atoms with Crippen LogP contribution in [0.1, 0.15) is 11.1 Å². The number of hydrogen-bond acceptors (Lipinski definition) is 6. The number of benzene rings is 2. The van der Waals surface area contributed by atoms with E-state index in [1.807, 2.05) is 30.3 Å². The Hall–Kier alpha value is -2.32. The monoisotopic (exact) mass is 399 g/mol. The number of aromatic nitrogens is 4. The van der Waals surface area contributed by atoms with Crippen molar-refractivity contribution in [1.82, 2.24) is 25.5 Å². The minimum absolute atomic E-state index is 0.0150. The quantitative estimate of drug-likeness (QED) is 0.440. The molecule has 0 saturated carbocycles. The van der Waals surface area contributed by atoms with Gasteiger partial charge in [-0.3, -0.25) is 4.79 Å². The fraction of sp³-hybridized carbons (Fsp3) is 0.263. The van der Waals surface area contributed by atoms with Gasteiger partial charge in [-0.1, -0.05) is 59.8 Å². The van der Waals surface area contributed by atoms with E-state index in [2.05, 4.69) is 52.0 Å². The van der Waals surface area contributed by atoms with Crippen molar-refractivity contribution in [2.75, 3.05) is 18.1 Å². The maximum atomic E-state index is 12.0. The van der Waals surface area contributed by atoms with Crippen LogP contribution in [0.3, 0.4) is 0 Å². The number of carbonyl (C=O) groups is 1. The van der Waals surface area contributed by atoms with Gasteiger partial charge in [0.25, 0.3) is 0 Å². The van der Waals surface area contributed by atoms with Gasteiger partial charge >= 0.3 is 0 Å². The van der Waals surface area contributed by atoms with Crippen LogP contribution in [0.25, 0.3) is 0 Å². The minimum Gasteiger partial charge on any atom is -0.355 e. The number of carbonyl (C=O) groups excluding carboxylic acids is 1. The van der Waals surface area contributed by atoms with Gasteiger partial charge in [-0.15, -0.1) is 16.9 Å². The average molecular weight is 400 g/mol. The SMILES string of the molecule is Cc1ccc(SCCNC(=O)CSc2nnnn2Cc2ccccc2)cc1. The van der Waals surface area contributed by atoms with E-state index in [1.165, 1.54) is 22.2 Å². The molecule has 0 aliphatic rings. The van der Waals surface area contributed by atoms with Gasteiger partial charge < -0.3 is 5.32 Å². The van der Waals surface area contributed by atoms with E-state index < -0.39 is 0 Å². The summed E-state index contributed by atoms with van der Waals surface area (Å²) in [5.41, 5.74) is 2.36. The lowest BCUT2D eigenvalue weighted by atomic mass is 10.2. The topological polar surface area (TPSA) is 72.7 Å². The molecule has 0 atom stereocenters. The molecule has 0 unspecified atom stereocenters. The summed E-state index contributed by atoms with van der Waals surface area (Å²) in [5, 5.41) is 15.3. The molecular formula is C19H21N5OS2. The highest BCUT2D eigenvalue weighted by molar-refractivity contribution is 7.99. The zero-order chi connectivity index (χ0) is 18.9. The highest BCUT2D eigenvalue weighted by Gasteiger charge is 2.10. The van der Waals surface area contributed by atoms with Crippen molar-refractivity contribution in [1.29, 1.82) is 0 Å². The summed E-state index contributed by atoms with van der Waals surface area (Å²) in [7, 11) is 0. The Bertz CT molecular complexity index is 852. The van der Waals surface area contributed by atoms with Crippen LogP contribution in [0.4, 0.5) is 0 Å². The second-order valence-electron chi connectivity index (χ2n) is 5.90. The number of rotatable bonds is 9. The molecule has 0 fully saturated rings. The lowest BCUT2D eigenvalue weighted by molar-refractivity contribution is -0.118. The van der Waals surface area contributed by atoms with Gasteiger partial charge in [0, 0.05) is 17.2 Å². The molecule has 0 saturated heterocycles. The van der Waals surface area contributed by atoms with Crippen molar-refractivity contribution in [3.8, 4) is 0 Å². The molecule has 1 amide bonds. The first-order chi connectivity index (χ1) is 13.2. The summed E-state index contributed by atoms with van der Waals surface area (Å²) in [6.45, 7) is 3.29. The summed E-state index contributed by atoms with van der Waals surface area (Å²) in [6.07, 6.45) is 0. The van der Waals surface area contributed by atoms with Crippen molar-refractivity contribution >= 4 is 29.4 Å². The molecule has 0 aliphatic carbocycles. The van der Waals surface area contributed by atoms with Crippen molar-refractivity contribution in [3.63, 3.8) is 0 Å². The van der Waals surface area contributed by atoms with E-state index >= 15 is 0 Å². The van der Waals surface area contributed by atoms with Gasteiger partial charge in [0.05, 0.1) is 12.3 Å². The van der Waals surface area contributed by atoms with Crippen LogP contribution in [0.15, 0.2) is 64.6 Å². The number of aryl methyl sites for hydroxylation is 1. The fourth-order valence-corrected chi connectivity index (χ4v) is 3.81. The summed E-state index contributed by atoms with van der Waals surface area (Å²) < 4.78 is 1.71. The van der Waals surface area contributed by atoms with Crippen LogP contribution >= 0.6 is 23.5 Å². The summed E-state index contributed by atoms with van der Waals surface area (Å²) in [6, 6.07) is 18.4. The average Bonchev–Trinajstić information content (AvgIpc) is 3.13.